The third kappa shape index (κ3) is 4.59. The molecule has 1 aliphatic heterocycles. The molecule has 8 heteroatoms. The fraction of sp³-hybridized carbons (Fsp3) is 0.385. The van der Waals surface area contributed by atoms with Crippen LogP contribution >= 0.6 is 0 Å². The van der Waals surface area contributed by atoms with Crippen LogP contribution in [0.5, 0.6) is 17.2 Å². The number of nitrogens with one attached hydrogen (secondary N) is 2. The van der Waals surface area contributed by atoms with Gasteiger partial charge >= 0.3 is 5.63 Å². The number of amides is 1. The first-order chi connectivity index (χ1) is 16.5. The number of hydrogen-bond donors (Lipinski definition) is 2. The van der Waals surface area contributed by atoms with Crippen molar-refractivity contribution in [1.29, 1.82) is 0 Å². The number of fused-ring (bicyclic) bond motifs is 2. The van der Waals surface area contributed by atoms with Crippen LogP contribution in [0.4, 0.5) is 0 Å². The lowest BCUT2D eigenvalue weighted by atomic mass is 9.84. The SMILES string of the molecule is CCC(CNC(=O)c1cc2ccc(OC)cc2oc1=O)C1NCCc2cc(OC)c(OC)cc21. The zero-order valence-electron chi connectivity index (χ0n) is 19.9. The number of carbonyl (C=O) groups excluding carboxylic acids is 1. The molecule has 34 heavy (non-hydrogen) atoms. The Morgan fingerprint density at radius 3 is 2.59 bits per heavy atom. The number of ether oxygens (including phenoxy) is 3. The summed E-state index contributed by atoms with van der Waals surface area (Å²) in [5.74, 6) is 1.63. The van der Waals surface area contributed by atoms with Gasteiger partial charge < -0.3 is 29.3 Å². The Bertz CT molecular complexity index is 1250. The molecule has 3 aromatic rings. The highest BCUT2D eigenvalue weighted by molar-refractivity contribution is 5.96. The zero-order chi connectivity index (χ0) is 24.2. The number of rotatable bonds is 8. The number of methoxy groups -OCH3 is 3. The summed E-state index contributed by atoms with van der Waals surface area (Å²) in [6.45, 7) is 3.32. The lowest BCUT2D eigenvalue weighted by molar-refractivity contribution is 0.0939. The average Bonchev–Trinajstić information content (AvgIpc) is 2.87. The van der Waals surface area contributed by atoms with E-state index in [0.29, 0.717) is 34.8 Å². The Morgan fingerprint density at radius 2 is 1.88 bits per heavy atom. The van der Waals surface area contributed by atoms with Crippen molar-refractivity contribution < 1.29 is 23.4 Å². The predicted molar refractivity (Wildman–Crippen MR) is 129 cm³/mol. The maximum atomic E-state index is 12.9. The van der Waals surface area contributed by atoms with Gasteiger partial charge in [-0.05, 0) is 66.8 Å². The third-order valence-electron chi connectivity index (χ3n) is 6.45. The summed E-state index contributed by atoms with van der Waals surface area (Å²) in [5, 5.41) is 7.18. The summed E-state index contributed by atoms with van der Waals surface area (Å²) in [5.41, 5.74) is 2.03. The molecule has 2 atom stereocenters. The molecular weight excluding hydrogens is 436 g/mol. The topological polar surface area (TPSA) is 99.0 Å². The van der Waals surface area contributed by atoms with Crippen molar-refractivity contribution in [3.8, 4) is 17.2 Å². The molecule has 0 bridgehead atoms. The van der Waals surface area contributed by atoms with Crippen molar-refractivity contribution in [2.45, 2.75) is 25.8 Å². The molecule has 2 unspecified atom stereocenters. The van der Waals surface area contributed by atoms with E-state index in [9.17, 15) is 9.59 Å². The first-order valence-corrected chi connectivity index (χ1v) is 11.4. The van der Waals surface area contributed by atoms with E-state index in [1.807, 2.05) is 12.1 Å². The lowest BCUT2D eigenvalue weighted by Crippen LogP contribution is -2.40. The number of benzene rings is 2. The summed E-state index contributed by atoms with van der Waals surface area (Å²) in [6, 6.07) is 10.8. The molecular formula is C26H30N2O6. The van der Waals surface area contributed by atoms with Crippen LogP contribution in [0.15, 0.2) is 45.6 Å². The standard InChI is InChI=1S/C26H30N2O6/c1-5-15(24-19-13-23(33-4)22(32-3)11-16(19)8-9-27-24)14-28-25(29)20-10-17-6-7-18(31-2)12-21(17)34-26(20)30/h6-7,10-13,15,24,27H,5,8-9,14H2,1-4H3,(H,28,29). The zero-order valence-corrected chi connectivity index (χ0v) is 19.9. The van der Waals surface area contributed by atoms with Crippen LogP contribution in [-0.2, 0) is 6.42 Å². The van der Waals surface area contributed by atoms with Gasteiger partial charge in [-0.2, -0.15) is 0 Å². The van der Waals surface area contributed by atoms with Crippen molar-refractivity contribution >= 4 is 16.9 Å². The van der Waals surface area contributed by atoms with E-state index in [1.165, 1.54) is 12.7 Å². The fourth-order valence-electron chi connectivity index (χ4n) is 4.53. The maximum Gasteiger partial charge on any atom is 0.349 e. The van der Waals surface area contributed by atoms with Crippen LogP contribution in [-0.4, -0.2) is 40.3 Å². The van der Waals surface area contributed by atoms with E-state index in [2.05, 4.69) is 17.6 Å². The Morgan fingerprint density at radius 1 is 1.12 bits per heavy atom. The third-order valence-corrected chi connectivity index (χ3v) is 6.45. The molecule has 0 spiro atoms. The molecule has 0 saturated heterocycles. The molecule has 0 fully saturated rings. The first kappa shape index (κ1) is 23.6. The maximum absolute atomic E-state index is 12.9. The normalized spacial score (nSPS) is 15.9. The summed E-state index contributed by atoms with van der Waals surface area (Å²) >= 11 is 0. The first-order valence-electron chi connectivity index (χ1n) is 11.4. The van der Waals surface area contributed by atoms with Gasteiger partial charge in [0, 0.05) is 24.0 Å². The second-order valence-corrected chi connectivity index (χ2v) is 8.32. The van der Waals surface area contributed by atoms with E-state index in [0.717, 1.165) is 24.9 Å². The van der Waals surface area contributed by atoms with Crippen LogP contribution in [0.2, 0.25) is 0 Å². The summed E-state index contributed by atoms with van der Waals surface area (Å²) < 4.78 is 21.5. The Labute approximate surface area is 198 Å². The van der Waals surface area contributed by atoms with Crippen LogP contribution < -0.4 is 30.5 Å². The van der Waals surface area contributed by atoms with Gasteiger partial charge in [0.15, 0.2) is 11.5 Å². The summed E-state index contributed by atoms with van der Waals surface area (Å²) in [6.07, 6.45) is 1.72. The molecule has 180 valence electrons. The van der Waals surface area contributed by atoms with Gasteiger partial charge in [-0.1, -0.05) is 6.92 Å². The average molecular weight is 467 g/mol. The van der Waals surface area contributed by atoms with Crippen LogP contribution in [0.3, 0.4) is 0 Å². The molecule has 0 saturated carbocycles. The van der Waals surface area contributed by atoms with Crippen molar-refractivity contribution in [3.63, 3.8) is 0 Å². The Kier molecular flexibility index (Phi) is 7.07. The second kappa shape index (κ2) is 10.2. The van der Waals surface area contributed by atoms with Gasteiger partial charge in [-0.15, -0.1) is 0 Å². The molecule has 0 radical (unpaired) electrons. The molecule has 2 N–H and O–H groups in total. The van der Waals surface area contributed by atoms with Gasteiger partial charge in [0.25, 0.3) is 5.91 Å². The quantitative estimate of drug-likeness (QED) is 0.491. The highest BCUT2D eigenvalue weighted by Gasteiger charge is 2.29. The molecule has 1 amide bonds. The second-order valence-electron chi connectivity index (χ2n) is 8.32. The van der Waals surface area contributed by atoms with Crippen molar-refractivity contribution in [2.24, 2.45) is 5.92 Å². The highest BCUT2D eigenvalue weighted by atomic mass is 16.5. The van der Waals surface area contributed by atoms with Crippen molar-refractivity contribution in [3.05, 3.63) is 63.5 Å². The van der Waals surface area contributed by atoms with Gasteiger partial charge in [-0.3, -0.25) is 4.79 Å². The van der Waals surface area contributed by atoms with E-state index >= 15 is 0 Å². The minimum absolute atomic E-state index is 0.0177. The molecule has 1 aliphatic rings. The van der Waals surface area contributed by atoms with Crippen LogP contribution in [0, 0.1) is 5.92 Å². The highest BCUT2D eigenvalue weighted by Crippen LogP contribution is 2.38. The largest absolute Gasteiger partial charge is 0.497 e. The molecule has 2 aromatic carbocycles. The van der Waals surface area contributed by atoms with Gasteiger partial charge in [-0.25, -0.2) is 4.79 Å². The van der Waals surface area contributed by atoms with E-state index in [1.54, 1.807) is 38.5 Å². The minimum atomic E-state index is -0.677. The molecule has 4 rings (SSSR count). The van der Waals surface area contributed by atoms with Gasteiger partial charge in [0.05, 0.1) is 21.3 Å². The smallest absolute Gasteiger partial charge is 0.349 e. The number of carbonyl (C=O) groups is 1. The molecule has 2 heterocycles. The fourth-order valence-corrected chi connectivity index (χ4v) is 4.53. The molecule has 1 aromatic heterocycles. The van der Waals surface area contributed by atoms with Crippen LogP contribution in [0.1, 0.15) is 40.9 Å². The molecule has 8 nitrogen and oxygen atoms in total. The lowest BCUT2D eigenvalue weighted by Gasteiger charge is -2.33. The molecule has 0 aliphatic carbocycles. The van der Waals surface area contributed by atoms with Gasteiger partial charge in [0.1, 0.15) is 16.9 Å². The Hall–Kier alpha value is -3.52. The number of hydrogen-bond acceptors (Lipinski definition) is 7. The summed E-state index contributed by atoms with van der Waals surface area (Å²) in [4.78, 5) is 25.4. The predicted octanol–water partition coefficient (Wildman–Crippen LogP) is 3.46. The minimum Gasteiger partial charge on any atom is -0.497 e. The summed E-state index contributed by atoms with van der Waals surface area (Å²) in [7, 11) is 4.79. The van der Waals surface area contributed by atoms with Crippen molar-refractivity contribution in [2.75, 3.05) is 34.4 Å². The van der Waals surface area contributed by atoms with Gasteiger partial charge in [0.2, 0.25) is 0 Å². The van der Waals surface area contributed by atoms with E-state index < -0.39 is 11.5 Å². The monoisotopic (exact) mass is 466 g/mol. The Balaban J connectivity index is 1.54. The van der Waals surface area contributed by atoms with Crippen LogP contribution in [0.25, 0.3) is 11.0 Å². The van der Waals surface area contributed by atoms with Crippen molar-refractivity contribution in [1.82, 2.24) is 10.6 Å². The van der Waals surface area contributed by atoms with E-state index in [4.69, 9.17) is 18.6 Å². The van der Waals surface area contributed by atoms with E-state index in [-0.39, 0.29) is 17.5 Å².